The molecule has 0 bridgehead atoms. The van der Waals surface area contributed by atoms with Gasteiger partial charge < -0.3 is 4.74 Å². The lowest BCUT2D eigenvalue weighted by Gasteiger charge is -2.09. The molecule has 0 spiro atoms. The van der Waals surface area contributed by atoms with Gasteiger partial charge in [-0.05, 0) is 36.8 Å². The van der Waals surface area contributed by atoms with Crippen molar-refractivity contribution in [3.63, 3.8) is 0 Å². The molecule has 0 aliphatic carbocycles. The van der Waals surface area contributed by atoms with E-state index in [-0.39, 0.29) is 12.0 Å². The fourth-order valence-electron chi connectivity index (χ4n) is 2.68. The van der Waals surface area contributed by atoms with Crippen LogP contribution in [0, 0.1) is 6.92 Å². The number of imide groups is 1. The average Bonchev–Trinajstić information content (AvgIpc) is 2.66. The molecular formula is C21H17ClN2O4. The van der Waals surface area contributed by atoms with Crippen LogP contribution in [-0.2, 0) is 20.7 Å². The highest BCUT2D eigenvalue weighted by molar-refractivity contribution is 6.31. The van der Waals surface area contributed by atoms with Gasteiger partial charge in [0.1, 0.15) is 0 Å². The summed E-state index contributed by atoms with van der Waals surface area (Å²) in [5.74, 6) is -1.85. The summed E-state index contributed by atoms with van der Waals surface area (Å²) in [4.78, 5) is 40.4. The predicted molar refractivity (Wildman–Crippen MR) is 105 cm³/mol. The Morgan fingerprint density at radius 1 is 1.04 bits per heavy atom. The minimum Gasteiger partial charge on any atom is -0.452 e. The predicted octanol–water partition coefficient (Wildman–Crippen LogP) is 3.24. The average molecular weight is 397 g/mol. The Hall–Kier alpha value is -3.25. The summed E-state index contributed by atoms with van der Waals surface area (Å²) in [6.07, 6.45) is 0.0645. The molecule has 2 aromatic carbocycles. The van der Waals surface area contributed by atoms with Gasteiger partial charge >= 0.3 is 5.97 Å². The lowest BCUT2D eigenvalue weighted by molar-refractivity contribution is -0.132. The van der Waals surface area contributed by atoms with Crippen molar-refractivity contribution in [2.75, 3.05) is 6.61 Å². The Bertz CT molecular complexity index is 1050. The van der Waals surface area contributed by atoms with Crippen molar-refractivity contribution in [3.8, 4) is 0 Å². The molecule has 1 N–H and O–H groups in total. The summed E-state index contributed by atoms with van der Waals surface area (Å²) in [5, 5.41) is 3.41. The van der Waals surface area contributed by atoms with E-state index in [1.165, 1.54) is 0 Å². The molecule has 1 aromatic heterocycles. The Morgan fingerprint density at radius 2 is 1.79 bits per heavy atom. The minimum atomic E-state index is -0.697. The number of carbonyl (C=O) groups is 3. The number of hydrogen-bond acceptors (Lipinski definition) is 5. The number of fused-ring (bicyclic) bond motifs is 1. The number of halogens is 1. The highest BCUT2D eigenvalue weighted by atomic mass is 35.5. The first kappa shape index (κ1) is 19.5. The quantitative estimate of drug-likeness (QED) is 0.669. The van der Waals surface area contributed by atoms with Crippen molar-refractivity contribution >= 4 is 40.3 Å². The van der Waals surface area contributed by atoms with Crippen LogP contribution in [0.3, 0.4) is 0 Å². The van der Waals surface area contributed by atoms with E-state index in [2.05, 4.69) is 10.3 Å². The fourth-order valence-corrected chi connectivity index (χ4v) is 2.86. The van der Waals surface area contributed by atoms with Gasteiger partial charge in [0.05, 0.1) is 23.2 Å². The zero-order chi connectivity index (χ0) is 20.1. The second-order valence-corrected chi connectivity index (χ2v) is 6.60. The van der Waals surface area contributed by atoms with E-state index in [0.29, 0.717) is 21.6 Å². The first-order valence-corrected chi connectivity index (χ1v) is 8.91. The lowest BCUT2D eigenvalue weighted by atomic mass is 10.1. The van der Waals surface area contributed by atoms with E-state index in [1.54, 1.807) is 55.5 Å². The number of carbonyl (C=O) groups excluding carboxylic acids is 3. The molecule has 6 nitrogen and oxygen atoms in total. The van der Waals surface area contributed by atoms with Crippen LogP contribution in [0.4, 0.5) is 0 Å². The number of pyridine rings is 1. The number of hydrogen-bond donors (Lipinski definition) is 1. The van der Waals surface area contributed by atoms with E-state index in [9.17, 15) is 14.4 Å². The van der Waals surface area contributed by atoms with E-state index >= 15 is 0 Å². The van der Waals surface area contributed by atoms with Gasteiger partial charge in [-0.15, -0.1) is 0 Å². The zero-order valence-corrected chi connectivity index (χ0v) is 15.8. The molecule has 0 saturated heterocycles. The molecule has 0 radical (unpaired) electrons. The zero-order valence-electron chi connectivity index (χ0n) is 15.1. The molecule has 0 fully saturated rings. The first-order valence-electron chi connectivity index (χ1n) is 8.53. The van der Waals surface area contributed by atoms with E-state index in [0.717, 1.165) is 5.56 Å². The SMILES string of the molecule is Cc1nc2ccc(Cl)cc2cc1C(=O)OCC(=O)NC(=O)Cc1ccccc1. The number of aromatic nitrogens is 1. The number of benzene rings is 2. The third kappa shape index (κ3) is 4.92. The largest absolute Gasteiger partial charge is 0.452 e. The van der Waals surface area contributed by atoms with Crippen LogP contribution in [0.5, 0.6) is 0 Å². The van der Waals surface area contributed by atoms with Crippen molar-refractivity contribution in [3.05, 3.63) is 76.4 Å². The molecule has 142 valence electrons. The highest BCUT2D eigenvalue weighted by Crippen LogP contribution is 2.21. The topological polar surface area (TPSA) is 85.4 Å². The fraction of sp³-hybridized carbons (Fsp3) is 0.143. The second kappa shape index (κ2) is 8.63. The van der Waals surface area contributed by atoms with Crippen molar-refractivity contribution in [1.29, 1.82) is 0 Å². The summed E-state index contributed by atoms with van der Waals surface area (Å²) in [6, 6.07) is 15.8. The normalized spacial score (nSPS) is 10.5. The molecule has 0 unspecified atom stereocenters. The Labute approximate surface area is 166 Å². The van der Waals surface area contributed by atoms with Crippen molar-refractivity contribution in [2.45, 2.75) is 13.3 Å². The summed E-state index contributed by atoms with van der Waals surface area (Å²) in [5.41, 5.74) is 2.18. The van der Waals surface area contributed by atoms with Crippen LogP contribution < -0.4 is 5.32 Å². The van der Waals surface area contributed by atoms with Gasteiger partial charge in [-0.3, -0.25) is 19.9 Å². The third-order valence-electron chi connectivity index (χ3n) is 4.01. The first-order chi connectivity index (χ1) is 13.4. The number of aryl methyl sites for hydroxylation is 1. The number of amides is 2. The van der Waals surface area contributed by atoms with E-state index in [1.807, 2.05) is 6.07 Å². The van der Waals surface area contributed by atoms with Crippen LogP contribution in [0.1, 0.15) is 21.6 Å². The maximum absolute atomic E-state index is 12.3. The minimum absolute atomic E-state index is 0.0645. The Balaban J connectivity index is 1.59. The standard InChI is InChI=1S/C21H17ClN2O4/c1-13-17(11-15-10-16(22)7-8-18(15)23-13)21(27)28-12-20(26)24-19(25)9-14-5-3-2-4-6-14/h2-8,10-11H,9,12H2,1H3,(H,24,25,26). The molecule has 0 aliphatic rings. The van der Waals surface area contributed by atoms with E-state index < -0.39 is 24.4 Å². The van der Waals surface area contributed by atoms with Gasteiger partial charge in [-0.1, -0.05) is 41.9 Å². The number of esters is 1. The molecule has 0 aliphatic heterocycles. The molecule has 3 aromatic rings. The third-order valence-corrected chi connectivity index (χ3v) is 4.24. The number of rotatable bonds is 5. The number of nitrogens with zero attached hydrogens (tertiary/aromatic N) is 1. The summed E-state index contributed by atoms with van der Waals surface area (Å²) in [6.45, 7) is 1.11. The number of nitrogens with one attached hydrogen (secondary N) is 1. The molecule has 3 rings (SSSR count). The molecule has 7 heteroatoms. The molecule has 2 amide bonds. The maximum Gasteiger partial charge on any atom is 0.340 e. The Kier molecular flexibility index (Phi) is 6.01. The van der Waals surface area contributed by atoms with Crippen LogP contribution in [0.15, 0.2) is 54.6 Å². The van der Waals surface area contributed by atoms with Gasteiger partial charge in [0.15, 0.2) is 6.61 Å². The monoisotopic (exact) mass is 396 g/mol. The van der Waals surface area contributed by atoms with E-state index in [4.69, 9.17) is 16.3 Å². The highest BCUT2D eigenvalue weighted by Gasteiger charge is 2.16. The van der Waals surface area contributed by atoms with Crippen LogP contribution in [0.2, 0.25) is 5.02 Å². The van der Waals surface area contributed by atoms with Crippen molar-refractivity contribution in [2.24, 2.45) is 0 Å². The molecule has 1 heterocycles. The molecule has 0 saturated carbocycles. The van der Waals surface area contributed by atoms with Gasteiger partial charge in [0, 0.05) is 10.4 Å². The molecule has 28 heavy (non-hydrogen) atoms. The molecule has 0 atom stereocenters. The van der Waals surface area contributed by atoms with Crippen LogP contribution in [0.25, 0.3) is 10.9 Å². The molecular weight excluding hydrogens is 380 g/mol. The van der Waals surface area contributed by atoms with Crippen LogP contribution >= 0.6 is 11.6 Å². The smallest absolute Gasteiger partial charge is 0.340 e. The van der Waals surface area contributed by atoms with Gasteiger partial charge in [-0.2, -0.15) is 0 Å². The van der Waals surface area contributed by atoms with Crippen molar-refractivity contribution in [1.82, 2.24) is 10.3 Å². The van der Waals surface area contributed by atoms with Crippen LogP contribution in [-0.4, -0.2) is 29.4 Å². The summed E-state index contributed by atoms with van der Waals surface area (Å²) < 4.78 is 5.02. The Morgan fingerprint density at radius 3 is 2.54 bits per heavy atom. The van der Waals surface area contributed by atoms with Gasteiger partial charge in [0.25, 0.3) is 5.91 Å². The van der Waals surface area contributed by atoms with Gasteiger partial charge in [-0.25, -0.2) is 4.79 Å². The summed E-state index contributed by atoms with van der Waals surface area (Å²) in [7, 11) is 0. The van der Waals surface area contributed by atoms with Crippen molar-refractivity contribution < 1.29 is 19.1 Å². The second-order valence-electron chi connectivity index (χ2n) is 6.17. The maximum atomic E-state index is 12.3. The van der Waals surface area contributed by atoms with Gasteiger partial charge in [0.2, 0.25) is 5.91 Å². The summed E-state index contributed by atoms with van der Waals surface area (Å²) >= 11 is 5.97. The lowest BCUT2D eigenvalue weighted by Crippen LogP contribution is -2.35. The number of ether oxygens (including phenoxy) is 1.